The van der Waals surface area contributed by atoms with Crippen LogP contribution in [0.3, 0.4) is 0 Å². The highest BCUT2D eigenvalue weighted by Gasteiger charge is 2.27. The van der Waals surface area contributed by atoms with Gasteiger partial charge < -0.3 is 14.2 Å². The predicted molar refractivity (Wildman–Crippen MR) is 93.3 cm³/mol. The van der Waals surface area contributed by atoms with Crippen molar-refractivity contribution >= 4 is 17.7 Å². The Morgan fingerprint density at radius 1 is 1.36 bits per heavy atom. The van der Waals surface area contributed by atoms with Gasteiger partial charge in [-0.1, -0.05) is 22.8 Å². The zero-order valence-electron chi connectivity index (χ0n) is 14.3. The van der Waals surface area contributed by atoms with Crippen LogP contribution in [0.1, 0.15) is 25.7 Å². The van der Waals surface area contributed by atoms with Crippen LogP contribution in [0.15, 0.2) is 28.8 Å². The number of carbonyl (C=O) groups excluding carboxylic acids is 1. The molecule has 1 unspecified atom stereocenters. The van der Waals surface area contributed by atoms with Gasteiger partial charge in [-0.25, -0.2) is 4.79 Å². The first-order chi connectivity index (χ1) is 12.1. The van der Waals surface area contributed by atoms with Crippen LogP contribution in [0, 0.1) is 0 Å². The van der Waals surface area contributed by atoms with Crippen LogP contribution < -0.4 is 0 Å². The van der Waals surface area contributed by atoms with Crippen LogP contribution in [0.25, 0.3) is 11.5 Å². The van der Waals surface area contributed by atoms with Crippen molar-refractivity contribution in [1.82, 2.24) is 19.9 Å². The van der Waals surface area contributed by atoms with E-state index in [9.17, 15) is 4.79 Å². The van der Waals surface area contributed by atoms with Gasteiger partial charge >= 0.3 is 6.09 Å². The van der Waals surface area contributed by atoms with E-state index < -0.39 is 0 Å². The molecule has 0 aliphatic carbocycles. The Balaban J connectivity index is 1.63. The van der Waals surface area contributed by atoms with Crippen molar-refractivity contribution in [2.24, 2.45) is 0 Å². The van der Waals surface area contributed by atoms with Crippen molar-refractivity contribution in [2.75, 3.05) is 32.8 Å². The second-order valence-electron chi connectivity index (χ2n) is 5.87. The Labute approximate surface area is 151 Å². The van der Waals surface area contributed by atoms with Crippen molar-refractivity contribution in [3.05, 3.63) is 35.1 Å². The molecule has 134 valence electrons. The summed E-state index contributed by atoms with van der Waals surface area (Å²) in [5.74, 6) is 1.08. The number of hydrogen-bond acceptors (Lipinski definition) is 6. The monoisotopic (exact) mass is 364 g/mol. The molecule has 1 saturated heterocycles. The minimum Gasteiger partial charge on any atom is -0.450 e. The average Bonchev–Trinajstić information content (AvgIpc) is 3.11. The lowest BCUT2D eigenvalue weighted by molar-refractivity contribution is 0.0669. The van der Waals surface area contributed by atoms with E-state index in [-0.39, 0.29) is 12.1 Å². The average molecular weight is 365 g/mol. The van der Waals surface area contributed by atoms with Crippen LogP contribution >= 0.6 is 11.6 Å². The topological polar surface area (TPSA) is 71.7 Å². The summed E-state index contributed by atoms with van der Waals surface area (Å²) in [5, 5.41) is 4.73. The number of nitrogens with zero attached hydrogens (tertiary/aromatic N) is 4. The third-order valence-corrected chi connectivity index (χ3v) is 4.51. The van der Waals surface area contributed by atoms with Crippen molar-refractivity contribution in [1.29, 1.82) is 0 Å². The highest BCUT2D eigenvalue weighted by atomic mass is 35.5. The molecule has 1 aromatic carbocycles. The van der Waals surface area contributed by atoms with Crippen molar-refractivity contribution in [2.45, 2.75) is 19.9 Å². The first-order valence-electron chi connectivity index (χ1n) is 8.33. The highest BCUT2D eigenvalue weighted by Crippen LogP contribution is 2.25. The van der Waals surface area contributed by atoms with Crippen LogP contribution in [0.4, 0.5) is 4.79 Å². The molecule has 0 N–H and O–H groups in total. The molecular weight excluding hydrogens is 344 g/mol. The van der Waals surface area contributed by atoms with Crippen LogP contribution in [-0.4, -0.2) is 58.8 Å². The fourth-order valence-electron chi connectivity index (χ4n) is 2.81. The number of halogens is 1. The number of benzene rings is 1. The van der Waals surface area contributed by atoms with Crippen LogP contribution in [0.2, 0.25) is 5.02 Å². The maximum Gasteiger partial charge on any atom is 0.409 e. The quantitative estimate of drug-likeness (QED) is 0.829. The number of rotatable bonds is 4. The summed E-state index contributed by atoms with van der Waals surface area (Å²) in [6, 6.07) is 7.32. The van der Waals surface area contributed by atoms with E-state index in [1.165, 1.54) is 0 Å². The summed E-state index contributed by atoms with van der Waals surface area (Å²) < 4.78 is 10.4. The summed E-state index contributed by atoms with van der Waals surface area (Å²) in [5.41, 5.74) is 0.797. The lowest BCUT2D eigenvalue weighted by Gasteiger charge is -2.36. The number of carbonyl (C=O) groups is 1. The molecule has 1 aliphatic rings. The van der Waals surface area contributed by atoms with Gasteiger partial charge in [0.05, 0.1) is 12.6 Å². The maximum atomic E-state index is 11.8. The standard InChI is InChI=1S/C17H21ClN4O3/c1-3-24-17(23)22-9-7-21(8-10-22)12(2)15-19-16(25-20-15)13-5-4-6-14(18)11-13/h4-6,11-12H,3,7-10H2,1-2H3. The van der Waals surface area contributed by atoms with Gasteiger partial charge in [-0.2, -0.15) is 4.98 Å². The minimum atomic E-state index is -0.252. The minimum absolute atomic E-state index is 0.000953. The molecule has 2 aromatic rings. The van der Waals surface area contributed by atoms with Crippen molar-refractivity contribution < 1.29 is 14.1 Å². The van der Waals surface area contributed by atoms with Crippen LogP contribution in [-0.2, 0) is 4.74 Å². The van der Waals surface area contributed by atoms with Crippen LogP contribution in [0.5, 0.6) is 0 Å². The second-order valence-corrected chi connectivity index (χ2v) is 6.30. The molecule has 1 aromatic heterocycles. The molecule has 8 heteroatoms. The second kappa shape index (κ2) is 7.84. The van der Waals surface area contributed by atoms with Gasteiger partial charge in [-0.05, 0) is 32.0 Å². The summed E-state index contributed by atoms with van der Waals surface area (Å²) in [7, 11) is 0. The van der Waals surface area contributed by atoms with E-state index >= 15 is 0 Å². The molecular formula is C17H21ClN4O3. The third-order valence-electron chi connectivity index (χ3n) is 4.27. The third kappa shape index (κ3) is 4.11. The largest absolute Gasteiger partial charge is 0.450 e. The summed E-state index contributed by atoms with van der Waals surface area (Å²) in [6.45, 7) is 6.97. The molecule has 0 radical (unpaired) electrons. The molecule has 1 aliphatic heterocycles. The van der Waals surface area contributed by atoms with E-state index in [2.05, 4.69) is 15.0 Å². The van der Waals surface area contributed by atoms with Gasteiger partial charge in [0.15, 0.2) is 5.82 Å². The molecule has 1 fully saturated rings. The predicted octanol–water partition coefficient (Wildman–Crippen LogP) is 3.23. The van der Waals surface area contributed by atoms with Gasteiger partial charge in [-0.15, -0.1) is 0 Å². The van der Waals surface area contributed by atoms with Gasteiger partial charge in [0, 0.05) is 36.8 Å². The highest BCUT2D eigenvalue weighted by molar-refractivity contribution is 6.30. The summed E-state index contributed by atoms with van der Waals surface area (Å²) in [6.07, 6.45) is -0.252. The number of amides is 1. The van der Waals surface area contributed by atoms with E-state index in [1.54, 1.807) is 17.0 Å². The maximum absolute atomic E-state index is 11.8. The lowest BCUT2D eigenvalue weighted by Crippen LogP contribution is -2.49. The van der Waals surface area contributed by atoms with Gasteiger partial charge in [0.2, 0.25) is 0 Å². The Morgan fingerprint density at radius 3 is 2.80 bits per heavy atom. The molecule has 3 rings (SSSR count). The normalized spacial score (nSPS) is 16.7. The molecule has 7 nitrogen and oxygen atoms in total. The molecule has 1 amide bonds. The van der Waals surface area contributed by atoms with E-state index in [1.807, 2.05) is 26.0 Å². The number of aromatic nitrogens is 2. The molecule has 2 heterocycles. The van der Waals surface area contributed by atoms with E-state index in [0.29, 0.717) is 36.4 Å². The zero-order valence-corrected chi connectivity index (χ0v) is 15.1. The lowest BCUT2D eigenvalue weighted by atomic mass is 10.2. The fourth-order valence-corrected chi connectivity index (χ4v) is 3.00. The van der Waals surface area contributed by atoms with E-state index in [4.69, 9.17) is 20.9 Å². The molecule has 0 spiro atoms. The van der Waals surface area contributed by atoms with Gasteiger partial charge in [0.25, 0.3) is 5.89 Å². The zero-order chi connectivity index (χ0) is 17.8. The Morgan fingerprint density at radius 2 is 2.12 bits per heavy atom. The van der Waals surface area contributed by atoms with E-state index in [0.717, 1.165) is 18.7 Å². The first-order valence-corrected chi connectivity index (χ1v) is 8.71. The Kier molecular flexibility index (Phi) is 5.55. The molecule has 25 heavy (non-hydrogen) atoms. The summed E-state index contributed by atoms with van der Waals surface area (Å²) >= 11 is 6.01. The number of ether oxygens (including phenoxy) is 1. The number of hydrogen-bond donors (Lipinski definition) is 0. The first kappa shape index (κ1) is 17.7. The van der Waals surface area contributed by atoms with Crippen molar-refractivity contribution in [3.63, 3.8) is 0 Å². The van der Waals surface area contributed by atoms with Gasteiger partial charge in [-0.3, -0.25) is 4.90 Å². The number of piperazine rings is 1. The molecule has 0 saturated carbocycles. The molecule has 0 bridgehead atoms. The smallest absolute Gasteiger partial charge is 0.409 e. The molecule has 1 atom stereocenters. The summed E-state index contributed by atoms with van der Waals surface area (Å²) in [4.78, 5) is 20.2. The van der Waals surface area contributed by atoms with Gasteiger partial charge in [0.1, 0.15) is 0 Å². The Bertz CT molecular complexity index is 728. The van der Waals surface area contributed by atoms with Crippen molar-refractivity contribution in [3.8, 4) is 11.5 Å². The fraction of sp³-hybridized carbons (Fsp3) is 0.471. The Hall–Kier alpha value is -2.12. The SMILES string of the molecule is CCOC(=O)N1CCN(C(C)c2noc(-c3cccc(Cl)c3)n2)CC1.